The molecule has 0 bridgehead atoms. The van der Waals surface area contributed by atoms with Crippen LogP contribution in [0.3, 0.4) is 0 Å². The van der Waals surface area contributed by atoms with E-state index < -0.39 is 11.8 Å². The molecule has 0 aliphatic heterocycles. The van der Waals surface area contributed by atoms with E-state index in [1.807, 2.05) is 0 Å². The first kappa shape index (κ1) is 15.5. The Morgan fingerprint density at radius 1 is 1.48 bits per heavy atom. The second kappa shape index (κ2) is 6.26. The minimum atomic E-state index is -0.531. The zero-order valence-electron chi connectivity index (χ0n) is 11.8. The topological polar surface area (TPSA) is 53.4 Å². The Bertz CT molecular complexity index is 685. The molecule has 5 nitrogen and oxygen atoms in total. The molecule has 2 rings (SSSR count). The highest BCUT2D eigenvalue weighted by Gasteiger charge is 2.20. The van der Waals surface area contributed by atoms with Crippen molar-refractivity contribution in [1.29, 1.82) is 0 Å². The highest BCUT2D eigenvalue weighted by atomic mass is 79.9. The Balaban J connectivity index is 2.32. The van der Waals surface area contributed by atoms with Crippen molar-refractivity contribution in [2.24, 2.45) is 7.05 Å². The maximum Gasteiger partial charge on any atom is 0.358 e. The zero-order valence-corrected chi connectivity index (χ0v) is 13.4. The fraction of sp³-hybridized carbons (Fsp3) is 0.286. The van der Waals surface area contributed by atoms with Crippen LogP contribution in [0.5, 0.6) is 11.8 Å². The molecule has 0 N–H and O–H groups in total. The molecule has 0 unspecified atom stereocenters. The van der Waals surface area contributed by atoms with E-state index in [4.69, 9.17) is 9.47 Å². The van der Waals surface area contributed by atoms with Crippen molar-refractivity contribution in [3.05, 3.63) is 39.9 Å². The van der Waals surface area contributed by atoms with Crippen molar-refractivity contribution in [2.45, 2.75) is 13.8 Å². The Morgan fingerprint density at radius 2 is 2.19 bits per heavy atom. The number of carbonyl (C=O) groups excluding carboxylic acids is 1. The lowest BCUT2D eigenvalue weighted by molar-refractivity contribution is 0.0518. The van der Waals surface area contributed by atoms with E-state index in [1.54, 1.807) is 31.5 Å². The largest absolute Gasteiger partial charge is 0.461 e. The number of benzene rings is 1. The van der Waals surface area contributed by atoms with Crippen LogP contribution < -0.4 is 4.74 Å². The smallest absolute Gasteiger partial charge is 0.358 e. The third-order valence-electron chi connectivity index (χ3n) is 2.90. The molecule has 0 aliphatic carbocycles. The standard InChI is InChI=1S/C14H14BrFN2O3/c1-4-20-13(19)12-8(2)18(3)14(17-12)21-11-6-5-9(15)7-10(11)16/h5-7H,4H2,1-3H3. The average molecular weight is 357 g/mol. The van der Waals surface area contributed by atoms with Crippen molar-refractivity contribution < 1.29 is 18.7 Å². The minimum absolute atomic E-state index is 0.0294. The molecule has 0 atom stereocenters. The quantitative estimate of drug-likeness (QED) is 0.785. The fourth-order valence-electron chi connectivity index (χ4n) is 1.69. The minimum Gasteiger partial charge on any atom is -0.461 e. The van der Waals surface area contributed by atoms with Gasteiger partial charge in [-0.3, -0.25) is 0 Å². The van der Waals surface area contributed by atoms with E-state index in [-0.39, 0.29) is 24.1 Å². The van der Waals surface area contributed by atoms with E-state index in [0.29, 0.717) is 10.2 Å². The maximum atomic E-state index is 13.8. The maximum absolute atomic E-state index is 13.8. The van der Waals surface area contributed by atoms with Crippen LogP contribution in [0.2, 0.25) is 0 Å². The molecule has 0 saturated carbocycles. The number of hydrogen-bond acceptors (Lipinski definition) is 4. The first-order valence-electron chi connectivity index (χ1n) is 6.27. The molecule has 21 heavy (non-hydrogen) atoms. The van der Waals surface area contributed by atoms with Gasteiger partial charge in [0.25, 0.3) is 0 Å². The highest BCUT2D eigenvalue weighted by molar-refractivity contribution is 9.10. The molecule has 0 fully saturated rings. The molecule has 7 heteroatoms. The molecule has 112 valence electrons. The molecule has 1 aromatic heterocycles. The van der Waals surface area contributed by atoms with E-state index in [0.717, 1.165) is 0 Å². The number of hydrogen-bond donors (Lipinski definition) is 0. The van der Waals surface area contributed by atoms with E-state index >= 15 is 0 Å². The number of aromatic nitrogens is 2. The SMILES string of the molecule is CCOC(=O)c1nc(Oc2ccc(Br)cc2F)n(C)c1C. The molecular formula is C14H14BrFN2O3. The van der Waals surface area contributed by atoms with E-state index in [1.165, 1.54) is 12.1 Å². The van der Waals surface area contributed by atoms with Gasteiger partial charge >= 0.3 is 12.0 Å². The summed E-state index contributed by atoms with van der Waals surface area (Å²) in [6.07, 6.45) is 0. The summed E-state index contributed by atoms with van der Waals surface area (Å²) in [6, 6.07) is 4.54. The van der Waals surface area contributed by atoms with Crippen molar-refractivity contribution >= 4 is 21.9 Å². The van der Waals surface area contributed by atoms with Gasteiger partial charge in [-0.25, -0.2) is 9.18 Å². The Morgan fingerprint density at radius 3 is 2.81 bits per heavy atom. The summed E-state index contributed by atoms with van der Waals surface area (Å²) in [4.78, 5) is 15.8. The molecule has 0 aliphatic rings. The van der Waals surface area contributed by atoms with Crippen LogP contribution in [-0.2, 0) is 11.8 Å². The number of esters is 1. The molecule has 0 radical (unpaired) electrons. The zero-order chi connectivity index (χ0) is 15.6. The summed E-state index contributed by atoms with van der Waals surface area (Å²) in [7, 11) is 1.68. The summed E-state index contributed by atoms with van der Waals surface area (Å²) in [6.45, 7) is 3.68. The van der Waals surface area contributed by atoms with Gasteiger partial charge in [-0.2, -0.15) is 4.98 Å². The normalized spacial score (nSPS) is 10.5. The van der Waals surface area contributed by atoms with Gasteiger partial charge in [-0.05, 0) is 32.0 Å². The predicted octanol–water partition coefficient (Wildman–Crippen LogP) is 3.60. The van der Waals surface area contributed by atoms with E-state index in [9.17, 15) is 9.18 Å². The molecule has 0 saturated heterocycles. The van der Waals surface area contributed by atoms with Crippen molar-refractivity contribution in [2.75, 3.05) is 6.61 Å². The Kier molecular flexibility index (Phi) is 4.62. The van der Waals surface area contributed by atoms with Gasteiger partial charge in [0, 0.05) is 11.5 Å². The second-order valence-corrected chi connectivity index (χ2v) is 5.20. The van der Waals surface area contributed by atoms with Gasteiger partial charge in [0.2, 0.25) is 0 Å². The van der Waals surface area contributed by atoms with Crippen LogP contribution in [-0.4, -0.2) is 22.1 Å². The van der Waals surface area contributed by atoms with Crippen LogP contribution in [0.25, 0.3) is 0 Å². The summed E-state index contributed by atoms with van der Waals surface area (Å²) < 4.78 is 26.3. The lowest BCUT2D eigenvalue weighted by Gasteiger charge is -2.06. The second-order valence-electron chi connectivity index (χ2n) is 4.28. The predicted molar refractivity (Wildman–Crippen MR) is 78.1 cm³/mol. The van der Waals surface area contributed by atoms with Gasteiger partial charge in [0.05, 0.1) is 12.3 Å². The molecular weight excluding hydrogens is 343 g/mol. The number of nitrogens with zero attached hydrogens (tertiary/aromatic N) is 2. The van der Waals surface area contributed by atoms with Crippen LogP contribution in [0.4, 0.5) is 4.39 Å². The van der Waals surface area contributed by atoms with Gasteiger partial charge in [0.15, 0.2) is 17.3 Å². The number of rotatable bonds is 4. The molecule has 0 amide bonds. The van der Waals surface area contributed by atoms with Crippen LogP contribution in [0.15, 0.2) is 22.7 Å². The molecule has 1 heterocycles. The van der Waals surface area contributed by atoms with Crippen molar-refractivity contribution in [3.8, 4) is 11.8 Å². The van der Waals surface area contributed by atoms with Crippen LogP contribution >= 0.6 is 15.9 Å². The van der Waals surface area contributed by atoms with Gasteiger partial charge in [-0.15, -0.1) is 0 Å². The van der Waals surface area contributed by atoms with Gasteiger partial charge < -0.3 is 14.0 Å². The molecule has 0 spiro atoms. The number of carbonyl (C=O) groups is 1. The van der Waals surface area contributed by atoms with Crippen molar-refractivity contribution in [3.63, 3.8) is 0 Å². The number of ether oxygens (including phenoxy) is 2. The summed E-state index contributed by atoms with van der Waals surface area (Å²) >= 11 is 3.17. The van der Waals surface area contributed by atoms with Gasteiger partial charge in [0.1, 0.15) is 0 Å². The third-order valence-corrected chi connectivity index (χ3v) is 3.40. The summed E-state index contributed by atoms with van der Waals surface area (Å²) in [5, 5.41) is 0. The number of imidazole rings is 1. The fourth-order valence-corrected chi connectivity index (χ4v) is 2.03. The molecule has 2 aromatic rings. The summed E-state index contributed by atoms with van der Waals surface area (Å²) in [5.41, 5.74) is 0.743. The Labute approximate surface area is 129 Å². The number of halogens is 2. The highest BCUT2D eigenvalue weighted by Crippen LogP contribution is 2.27. The molecule has 1 aromatic carbocycles. The van der Waals surface area contributed by atoms with Gasteiger partial charge in [-0.1, -0.05) is 15.9 Å². The van der Waals surface area contributed by atoms with Crippen LogP contribution in [0.1, 0.15) is 23.1 Å². The lowest BCUT2D eigenvalue weighted by atomic mass is 10.3. The van der Waals surface area contributed by atoms with Crippen LogP contribution in [0, 0.1) is 12.7 Å². The first-order valence-corrected chi connectivity index (χ1v) is 7.06. The summed E-state index contributed by atoms with van der Waals surface area (Å²) in [5.74, 6) is -1.03. The third kappa shape index (κ3) is 3.24. The average Bonchev–Trinajstić information content (AvgIpc) is 2.70. The van der Waals surface area contributed by atoms with Crippen molar-refractivity contribution in [1.82, 2.24) is 9.55 Å². The van der Waals surface area contributed by atoms with E-state index in [2.05, 4.69) is 20.9 Å². The first-order chi connectivity index (χ1) is 9.93. The lowest BCUT2D eigenvalue weighted by Crippen LogP contribution is -2.07. The monoisotopic (exact) mass is 356 g/mol. The Hall–Kier alpha value is -1.89.